The van der Waals surface area contributed by atoms with Crippen molar-refractivity contribution in [2.75, 3.05) is 31.6 Å². The van der Waals surface area contributed by atoms with Crippen LogP contribution >= 0.6 is 0 Å². The molecule has 6 heteroatoms. The molecule has 0 fully saturated rings. The van der Waals surface area contributed by atoms with Gasteiger partial charge in [0.1, 0.15) is 11.9 Å². The molecular formula is C21H24N4O2. The fraction of sp³-hybridized carbons (Fsp3) is 0.333. The second-order valence-corrected chi connectivity index (χ2v) is 6.81. The smallest absolute Gasteiger partial charge is 0.247 e. The number of likely N-dealkylation sites (N-methyl/N-ethyl adjacent to an activating group) is 2. The molecule has 1 atom stereocenters. The topological polar surface area (TPSA) is 54.6 Å². The summed E-state index contributed by atoms with van der Waals surface area (Å²) in [6, 6.07) is 18.0. The highest BCUT2D eigenvalue weighted by Crippen LogP contribution is 2.32. The van der Waals surface area contributed by atoms with Crippen LogP contribution in [0.25, 0.3) is 11.5 Å². The largest absolute Gasteiger partial charge is 0.485 e. The van der Waals surface area contributed by atoms with E-state index in [1.54, 1.807) is 0 Å². The van der Waals surface area contributed by atoms with Crippen LogP contribution in [0.3, 0.4) is 0 Å². The molecule has 0 spiro atoms. The molecule has 0 saturated carbocycles. The Balaban J connectivity index is 1.39. The molecule has 2 aromatic carbocycles. The van der Waals surface area contributed by atoms with Gasteiger partial charge in [0.25, 0.3) is 0 Å². The summed E-state index contributed by atoms with van der Waals surface area (Å²) in [4.78, 5) is 4.52. The minimum atomic E-state index is 0.0985. The van der Waals surface area contributed by atoms with Gasteiger partial charge >= 0.3 is 0 Å². The molecule has 4 rings (SSSR count). The van der Waals surface area contributed by atoms with Gasteiger partial charge in [-0.3, -0.25) is 4.90 Å². The molecule has 140 valence electrons. The van der Waals surface area contributed by atoms with Crippen molar-refractivity contribution in [3.05, 3.63) is 60.5 Å². The van der Waals surface area contributed by atoms with E-state index in [-0.39, 0.29) is 6.10 Å². The molecule has 3 aromatic rings. The standard InChI is InChI=1S/C21H24N4O2/c1-3-25-14-17(26-19-12-8-7-11-18(19)25)13-24(2)15-20-22-23-21(27-20)16-9-5-4-6-10-16/h4-12,17H,3,13-15H2,1-2H3/t17-/m1/s1. The number of fused-ring (bicyclic) bond motifs is 1. The van der Waals surface area contributed by atoms with E-state index in [1.807, 2.05) is 49.5 Å². The number of ether oxygens (including phenoxy) is 1. The molecule has 0 radical (unpaired) electrons. The molecule has 0 unspecified atom stereocenters. The van der Waals surface area contributed by atoms with Crippen LogP contribution < -0.4 is 9.64 Å². The third-order valence-corrected chi connectivity index (χ3v) is 4.71. The number of anilines is 1. The fourth-order valence-electron chi connectivity index (χ4n) is 3.43. The first-order valence-electron chi connectivity index (χ1n) is 9.30. The first-order chi connectivity index (χ1) is 13.2. The van der Waals surface area contributed by atoms with Gasteiger partial charge in [0.05, 0.1) is 18.8 Å². The molecule has 0 amide bonds. The summed E-state index contributed by atoms with van der Waals surface area (Å²) in [5.74, 6) is 2.12. The highest BCUT2D eigenvalue weighted by Gasteiger charge is 2.25. The Bertz CT molecular complexity index is 881. The minimum absolute atomic E-state index is 0.0985. The summed E-state index contributed by atoms with van der Waals surface area (Å²) in [7, 11) is 2.05. The summed E-state index contributed by atoms with van der Waals surface area (Å²) in [6.45, 7) is 5.38. The third-order valence-electron chi connectivity index (χ3n) is 4.71. The first-order valence-corrected chi connectivity index (χ1v) is 9.30. The van der Waals surface area contributed by atoms with Crippen LogP contribution in [0.5, 0.6) is 5.75 Å². The number of rotatable bonds is 6. The van der Waals surface area contributed by atoms with Gasteiger partial charge in [0.15, 0.2) is 0 Å². The van der Waals surface area contributed by atoms with Crippen molar-refractivity contribution in [2.24, 2.45) is 0 Å². The Morgan fingerprint density at radius 1 is 1.07 bits per heavy atom. The molecule has 27 heavy (non-hydrogen) atoms. The molecule has 6 nitrogen and oxygen atoms in total. The van der Waals surface area contributed by atoms with E-state index < -0.39 is 0 Å². The van der Waals surface area contributed by atoms with Crippen LogP contribution in [0.1, 0.15) is 12.8 Å². The zero-order chi connectivity index (χ0) is 18.6. The molecular weight excluding hydrogens is 340 g/mol. The van der Waals surface area contributed by atoms with Gasteiger partial charge in [-0.15, -0.1) is 10.2 Å². The number of benzene rings is 2. The molecule has 0 N–H and O–H groups in total. The molecule has 1 aromatic heterocycles. The number of hydrogen-bond donors (Lipinski definition) is 0. The van der Waals surface area contributed by atoms with E-state index in [0.29, 0.717) is 18.3 Å². The van der Waals surface area contributed by atoms with Crippen LogP contribution in [-0.2, 0) is 6.54 Å². The average Bonchev–Trinajstić information content (AvgIpc) is 3.16. The lowest BCUT2D eigenvalue weighted by atomic mass is 10.2. The molecule has 0 aliphatic carbocycles. The summed E-state index contributed by atoms with van der Waals surface area (Å²) in [5.41, 5.74) is 2.10. The van der Waals surface area contributed by atoms with Gasteiger partial charge in [-0.2, -0.15) is 0 Å². The van der Waals surface area contributed by atoms with Gasteiger partial charge in [-0.25, -0.2) is 0 Å². The molecule has 0 saturated heterocycles. The SMILES string of the molecule is CCN1C[C@@H](CN(C)Cc2nnc(-c3ccccc3)o2)Oc2ccccc21. The number of hydrogen-bond acceptors (Lipinski definition) is 6. The lowest BCUT2D eigenvalue weighted by Crippen LogP contribution is -2.45. The van der Waals surface area contributed by atoms with E-state index in [0.717, 1.165) is 30.9 Å². The van der Waals surface area contributed by atoms with E-state index in [2.05, 4.69) is 39.1 Å². The monoisotopic (exact) mass is 364 g/mol. The van der Waals surface area contributed by atoms with Gasteiger partial charge in [-0.05, 0) is 38.2 Å². The van der Waals surface area contributed by atoms with Crippen molar-refractivity contribution in [2.45, 2.75) is 19.6 Å². The molecule has 2 heterocycles. The third kappa shape index (κ3) is 3.95. The Kier molecular flexibility index (Phi) is 5.07. The second kappa shape index (κ2) is 7.80. The van der Waals surface area contributed by atoms with Crippen LogP contribution in [0, 0.1) is 0 Å². The lowest BCUT2D eigenvalue weighted by molar-refractivity contribution is 0.135. The van der Waals surface area contributed by atoms with Gasteiger partial charge in [0.2, 0.25) is 11.8 Å². The summed E-state index contributed by atoms with van der Waals surface area (Å²) in [5, 5.41) is 8.34. The van der Waals surface area contributed by atoms with E-state index in [9.17, 15) is 0 Å². The Morgan fingerprint density at radius 3 is 2.67 bits per heavy atom. The zero-order valence-corrected chi connectivity index (χ0v) is 15.7. The highest BCUT2D eigenvalue weighted by atomic mass is 16.5. The number of para-hydroxylation sites is 2. The number of aromatic nitrogens is 2. The Hall–Kier alpha value is -2.86. The average molecular weight is 364 g/mol. The Morgan fingerprint density at radius 2 is 1.85 bits per heavy atom. The van der Waals surface area contributed by atoms with E-state index in [4.69, 9.17) is 9.15 Å². The van der Waals surface area contributed by atoms with Crippen LogP contribution in [0.15, 0.2) is 59.0 Å². The maximum atomic E-state index is 6.20. The zero-order valence-electron chi connectivity index (χ0n) is 15.7. The normalized spacial score (nSPS) is 16.3. The Labute approximate surface area is 159 Å². The van der Waals surface area contributed by atoms with Gasteiger partial charge in [-0.1, -0.05) is 30.3 Å². The summed E-state index contributed by atoms with van der Waals surface area (Å²) in [6.07, 6.45) is 0.0985. The fourth-order valence-corrected chi connectivity index (χ4v) is 3.43. The van der Waals surface area contributed by atoms with Gasteiger partial charge in [0, 0.05) is 18.7 Å². The first kappa shape index (κ1) is 17.5. The molecule has 1 aliphatic rings. The van der Waals surface area contributed by atoms with Crippen molar-refractivity contribution in [3.8, 4) is 17.2 Å². The van der Waals surface area contributed by atoms with Gasteiger partial charge < -0.3 is 14.1 Å². The van der Waals surface area contributed by atoms with Crippen LogP contribution in [-0.4, -0.2) is 47.9 Å². The highest BCUT2D eigenvalue weighted by molar-refractivity contribution is 5.60. The maximum Gasteiger partial charge on any atom is 0.247 e. The predicted molar refractivity (Wildman–Crippen MR) is 105 cm³/mol. The molecule has 1 aliphatic heterocycles. The second-order valence-electron chi connectivity index (χ2n) is 6.81. The maximum absolute atomic E-state index is 6.20. The lowest BCUT2D eigenvalue weighted by Gasteiger charge is -2.37. The molecule has 0 bridgehead atoms. The van der Waals surface area contributed by atoms with Crippen molar-refractivity contribution < 1.29 is 9.15 Å². The van der Waals surface area contributed by atoms with Crippen LogP contribution in [0.4, 0.5) is 5.69 Å². The summed E-state index contributed by atoms with van der Waals surface area (Å²) < 4.78 is 12.0. The quantitative estimate of drug-likeness (QED) is 0.668. The number of nitrogens with zero attached hydrogens (tertiary/aromatic N) is 4. The predicted octanol–water partition coefficient (Wildman–Crippen LogP) is 3.46. The van der Waals surface area contributed by atoms with Crippen molar-refractivity contribution in [1.82, 2.24) is 15.1 Å². The summed E-state index contributed by atoms with van der Waals surface area (Å²) >= 11 is 0. The van der Waals surface area contributed by atoms with Crippen molar-refractivity contribution in [1.29, 1.82) is 0 Å². The van der Waals surface area contributed by atoms with E-state index >= 15 is 0 Å². The van der Waals surface area contributed by atoms with Crippen LogP contribution in [0.2, 0.25) is 0 Å². The van der Waals surface area contributed by atoms with E-state index in [1.165, 1.54) is 5.69 Å². The van der Waals surface area contributed by atoms with Crippen molar-refractivity contribution >= 4 is 5.69 Å². The van der Waals surface area contributed by atoms with Crippen molar-refractivity contribution in [3.63, 3.8) is 0 Å². The minimum Gasteiger partial charge on any atom is -0.485 e.